The summed E-state index contributed by atoms with van der Waals surface area (Å²) >= 11 is 0. The fraction of sp³-hybridized carbons (Fsp3) is 0.643. The standard InChI is InChI=1S/C14H23N3O2S/c1-2-9-16-13-8-10-15-11-14(13)20(18,19)17-12-6-4-3-5-7-12/h8,10-12,17H,2-7,9H2,1H3,(H,15,16). The monoisotopic (exact) mass is 297 g/mol. The summed E-state index contributed by atoms with van der Waals surface area (Å²) in [5.74, 6) is 0. The van der Waals surface area contributed by atoms with Crippen LogP contribution in [0, 0.1) is 0 Å². The number of pyridine rings is 1. The fourth-order valence-electron chi connectivity index (χ4n) is 2.50. The van der Waals surface area contributed by atoms with Crippen LogP contribution in [-0.2, 0) is 10.0 Å². The highest BCUT2D eigenvalue weighted by Crippen LogP contribution is 2.23. The van der Waals surface area contributed by atoms with E-state index in [-0.39, 0.29) is 10.9 Å². The minimum Gasteiger partial charge on any atom is -0.384 e. The van der Waals surface area contributed by atoms with Gasteiger partial charge in [-0.25, -0.2) is 13.1 Å². The second-order valence-corrected chi connectivity index (χ2v) is 6.94. The largest absolute Gasteiger partial charge is 0.384 e. The molecule has 0 bridgehead atoms. The third-order valence-corrected chi connectivity index (χ3v) is 5.11. The minimum absolute atomic E-state index is 0.0629. The molecule has 0 unspecified atom stereocenters. The number of hydrogen-bond donors (Lipinski definition) is 2. The Morgan fingerprint density at radius 3 is 2.75 bits per heavy atom. The lowest BCUT2D eigenvalue weighted by Gasteiger charge is -2.23. The maximum atomic E-state index is 12.5. The first-order valence-corrected chi connectivity index (χ1v) is 8.82. The summed E-state index contributed by atoms with van der Waals surface area (Å²) in [6, 6.07) is 1.78. The van der Waals surface area contributed by atoms with Crippen molar-refractivity contribution in [2.75, 3.05) is 11.9 Å². The first-order valence-electron chi connectivity index (χ1n) is 7.33. The lowest BCUT2D eigenvalue weighted by Crippen LogP contribution is -2.36. The van der Waals surface area contributed by atoms with E-state index < -0.39 is 10.0 Å². The van der Waals surface area contributed by atoms with Crippen LogP contribution in [0.25, 0.3) is 0 Å². The first-order chi connectivity index (χ1) is 9.63. The molecular formula is C14H23N3O2S. The molecule has 0 amide bonds. The number of sulfonamides is 1. The predicted octanol–water partition coefficient (Wildman–Crippen LogP) is 2.51. The van der Waals surface area contributed by atoms with Gasteiger partial charge in [0.1, 0.15) is 4.90 Å². The second-order valence-electron chi connectivity index (χ2n) is 5.25. The van der Waals surface area contributed by atoms with Crippen molar-refractivity contribution in [2.24, 2.45) is 0 Å². The minimum atomic E-state index is -3.50. The maximum absolute atomic E-state index is 12.5. The van der Waals surface area contributed by atoms with Crippen LogP contribution < -0.4 is 10.0 Å². The maximum Gasteiger partial charge on any atom is 0.244 e. The summed E-state index contributed by atoms with van der Waals surface area (Å²) in [4.78, 5) is 4.20. The summed E-state index contributed by atoms with van der Waals surface area (Å²) in [5.41, 5.74) is 0.630. The zero-order chi connectivity index (χ0) is 14.4. The molecule has 0 aliphatic heterocycles. The van der Waals surface area contributed by atoms with Crippen LogP contribution in [0.15, 0.2) is 23.4 Å². The molecule has 0 atom stereocenters. The van der Waals surface area contributed by atoms with Gasteiger partial charge in [0, 0.05) is 25.0 Å². The lowest BCUT2D eigenvalue weighted by molar-refractivity contribution is 0.412. The van der Waals surface area contributed by atoms with Gasteiger partial charge in [-0.05, 0) is 25.3 Å². The molecule has 1 fully saturated rings. The molecule has 2 N–H and O–H groups in total. The normalized spacial score (nSPS) is 17.1. The molecule has 2 rings (SSSR count). The van der Waals surface area contributed by atoms with Crippen molar-refractivity contribution in [2.45, 2.75) is 56.4 Å². The molecule has 0 radical (unpaired) electrons. The van der Waals surface area contributed by atoms with E-state index in [1.165, 1.54) is 12.6 Å². The summed E-state index contributed by atoms with van der Waals surface area (Å²) in [5, 5.41) is 3.15. The van der Waals surface area contributed by atoms with Crippen LogP contribution in [0.5, 0.6) is 0 Å². The van der Waals surface area contributed by atoms with Crippen LogP contribution in [0.2, 0.25) is 0 Å². The van der Waals surface area contributed by atoms with E-state index >= 15 is 0 Å². The molecule has 0 saturated heterocycles. The first kappa shape index (κ1) is 15.3. The van der Waals surface area contributed by atoms with Gasteiger partial charge in [0.25, 0.3) is 0 Å². The van der Waals surface area contributed by atoms with Gasteiger partial charge in [-0.2, -0.15) is 0 Å². The van der Waals surface area contributed by atoms with Gasteiger partial charge in [-0.3, -0.25) is 4.98 Å². The van der Waals surface area contributed by atoms with E-state index in [0.29, 0.717) is 5.69 Å². The van der Waals surface area contributed by atoms with Crippen molar-refractivity contribution in [3.63, 3.8) is 0 Å². The van der Waals surface area contributed by atoms with Gasteiger partial charge < -0.3 is 5.32 Å². The Morgan fingerprint density at radius 1 is 1.30 bits per heavy atom. The average Bonchev–Trinajstić information content (AvgIpc) is 2.46. The molecule has 1 aliphatic rings. The Kier molecular flexibility index (Phi) is 5.37. The van der Waals surface area contributed by atoms with Gasteiger partial charge in [0.2, 0.25) is 10.0 Å². The van der Waals surface area contributed by atoms with Crippen LogP contribution in [0.1, 0.15) is 45.4 Å². The highest BCUT2D eigenvalue weighted by molar-refractivity contribution is 7.89. The SMILES string of the molecule is CCCNc1ccncc1S(=O)(=O)NC1CCCCC1. The quantitative estimate of drug-likeness (QED) is 0.846. The molecule has 1 saturated carbocycles. The lowest BCUT2D eigenvalue weighted by atomic mass is 9.96. The summed E-state index contributed by atoms with van der Waals surface area (Å²) in [6.07, 6.45) is 9.23. The summed E-state index contributed by atoms with van der Waals surface area (Å²) in [6.45, 7) is 2.79. The van der Waals surface area contributed by atoms with Crippen LogP contribution in [0.3, 0.4) is 0 Å². The third-order valence-electron chi connectivity index (χ3n) is 3.57. The zero-order valence-electron chi connectivity index (χ0n) is 11.9. The number of anilines is 1. The van der Waals surface area contributed by atoms with E-state index in [4.69, 9.17) is 0 Å². The topological polar surface area (TPSA) is 71.1 Å². The molecule has 5 nitrogen and oxygen atoms in total. The number of hydrogen-bond acceptors (Lipinski definition) is 4. The predicted molar refractivity (Wildman–Crippen MR) is 80.2 cm³/mol. The van der Waals surface area contributed by atoms with E-state index in [2.05, 4.69) is 15.0 Å². The Balaban J connectivity index is 2.15. The Labute approximate surface area is 121 Å². The smallest absolute Gasteiger partial charge is 0.244 e. The molecule has 1 heterocycles. The van der Waals surface area contributed by atoms with Crippen molar-refractivity contribution >= 4 is 15.7 Å². The van der Waals surface area contributed by atoms with Crippen molar-refractivity contribution in [3.8, 4) is 0 Å². The zero-order valence-corrected chi connectivity index (χ0v) is 12.7. The molecule has 20 heavy (non-hydrogen) atoms. The molecule has 112 valence electrons. The highest BCUT2D eigenvalue weighted by atomic mass is 32.2. The van der Waals surface area contributed by atoms with Gasteiger partial charge in [-0.1, -0.05) is 26.2 Å². The van der Waals surface area contributed by atoms with Crippen LogP contribution in [-0.4, -0.2) is 26.0 Å². The van der Waals surface area contributed by atoms with E-state index in [9.17, 15) is 8.42 Å². The number of rotatable bonds is 6. The Hall–Kier alpha value is -1.14. The highest BCUT2D eigenvalue weighted by Gasteiger charge is 2.24. The number of aromatic nitrogens is 1. The summed E-state index contributed by atoms with van der Waals surface area (Å²) in [7, 11) is -3.50. The molecular weight excluding hydrogens is 274 g/mol. The van der Waals surface area contributed by atoms with Crippen LogP contribution in [0.4, 0.5) is 5.69 Å². The molecule has 1 aliphatic carbocycles. The number of nitrogens with one attached hydrogen (secondary N) is 2. The average molecular weight is 297 g/mol. The van der Waals surface area contributed by atoms with E-state index in [1.807, 2.05) is 6.92 Å². The van der Waals surface area contributed by atoms with Gasteiger partial charge >= 0.3 is 0 Å². The van der Waals surface area contributed by atoms with E-state index in [0.717, 1.165) is 38.6 Å². The number of nitrogens with zero attached hydrogens (tertiary/aromatic N) is 1. The van der Waals surface area contributed by atoms with E-state index in [1.54, 1.807) is 12.3 Å². The molecule has 1 aromatic rings. The van der Waals surface area contributed by atoms with Gasteiger partial charge in [-0.15, -0.1) is 0 Å². The summed E-state index contributed by atoms with van der Waals surface area (Å²) < 4.78 is 27.8. The third kappa shape index (κ3) is 3.93. The molecule has 0 aromatic carbocycles. The van der Waals surface area contributed by atoms with Gasteiger partial charge in [0.05, 0.1) is 5.69 Å². The van der Waals surface area contributed by atoms with Crippen LogP contribution >= 0.6 is 0 Å². The van der Waals surface area contributed by atoms with Crippen molar-refractivity contribution in [1.29, 1.82) is 0 Å². The Bertz CT molecular complexity index is 525. The van der Waals surface area contributed by atoms with Crippen molar-refractivity contribution in [3.05, 3.63) is 18.5 Å². The Morgan fingerprint density at radius 2 is 2.05 bits per heavy atom. The van der Waals surface area contributed by atoms with Crippen molar-refractivity contribution in [1.82, 2.24) is 9.71 Å². The fourth-order valence-corrected chi connectivity index (χ4v) is 3.93. The van der Waals surface area contributed by atoms with Crippen molar-refractivity contribution < 1.29 is 8.42 Å². The second kappa shape index (κ2) is 7.04. The molecule has 0 spiro atoms. The molecule has 1 aromatic heterocycles. The van der Waals surface area contributed by atoms with Gasteiger partial charge in [0.15, 0.2) is 0 Å². The molecule has 6 heteroatoms.